The van der Waals surface area contributed by atoms with Crippen LogP contribution in [-0.2, 0) is 0 Å². The lowest BCUT2D eigenvalue weighted by atomic mass is 10.9. The van der Waals surface area contributed by atoms with Crippen LogP contribution < -0.4 is 0 Å². The fourth-order valence-corrected chi connectivity index (χ4v) is 0.693. The van der Waals surface area contributed by atoms with Crippen LogP contribution in [0.1, 0.15) is 0 Å². The average Bonchev–Trinajstić information content (AvgIpc) is 2.70. The molecule has 0 amide bonds. The Balaban J connectivity index is 2.35. The van der Waals surface area contributed by atoms with Gasteiger partial charge in [0.15, 0.2) is 0 Å². The van der Waals surface area contributed by atoms with Crippen molar-refractivity contribution in [2.45, 2.75) is 0 Å². The maximum atomic E-state index is 10.1. The van der Waals surface area contributed by atoms with Crippen molar-refractivity contribution < 1.29 is 5.03 Å². The Bertz CT molecular complexity index is 429. The standard InChI is InChI=1S/C2HN10O2/c13-12(14)6-2-5-9-10-11(2)1-3-7-8-4-1/h(H-,3,4,5,6,7,8,10)/q-1. The summed E-state index contributed by atoms with van der Waals surface area (Å²) in [4.78, 5) is 10.1. The van der Waals surface area contributed by atoms with Crippen molar-refractivity contribution in [1.82, 2.24) is 40.8 Å². The van der Waals surface area contributed by atoms with Gasteiger partial charge < -0.3 is 0 Å². The normalized spacial score (nSPS) is 10.0. The molecule has 0 aliphatic rings. The van der Waals surface area contributed by atoms with E-state index in [9.17, 15) is 10.1 Å². The van der Waals surface area contributed by atoms with E-state index >= 15 is 0 Å². The van der Waals surface area contributed by atoms with Crippen molar-refractivity contribution >= 4 is 5.95 Å². The van der Waals surface area contributed by atoms with Crippen molar-refractivity contribution in [3.8, 4) is 5.95 Å². The molecule has 0 unspecified atom stereocenters. The molecule has 0 aliphatic heterocycles. The zero-order valence-electron chi connectivity index (χ0n) is 6.34. The van der Waals surface area contributed by atoms with Crippen LogP contribution in [0.4, 0.5) is 5.95 Å². The summed E-state index contributed by atoms with van der Waals surface area (Å²) < 4.78 is 0.867. The molecule has 14 heavy (non-hydrogen) atoms. The molecule has 0 radical (unpaired) electrons. The van der Waals surface area contributed by atoms with Crippen LogP contribution >= 0.6 is 0 Å². The second-order valence-electron chi connectivity index (χ2n) is 1.94. The third-order valence-corrected chi connectivity index (χ3v) is 1.15. The van der Waals surface area contributed by atoms with E-state index in [4.69, 9.17) is 0 Å². The quantitative estimate of drug-likeness (QED) is 0.454. The Morgan fingerprint density at radius 3 is 3.00 bits per heavy atom. The monoisotopic (exact) mass is 197 g/mol. The van der Waals surface area contributed by atoms with Crippen molar-refractivity contribution in [2.75, 3.05) is 0 Å². The number of nitro groups is 1. The molecule has 0 aromatic carbocycles. The van der Waals surface area contributed by atoms with Crippen LogP contribution in [0, 0.1) is 10.1 Å². The lowest BCUT2D eigenvalue weighted by molar-refractivity contribution is -0.419. The van der Waals surface area contributed by atoms with Gasteiger partial charge >= 0.3 is 0 Å². The minimum Gasteiger partial charge on any atom is -0.246 e. The maximum Gasteiger partial charge on any atom is 0.235 e. The molecular formula is C2HN10O2-. The molecule has 0 saturated heterocycles. The van der Waals surface area contributed by atoms with Gasteiger partial charge in [0, 0.05) is 0 Å². The van der Waals surface area contributed by atoms with Gasteiger partial charge in [0.05, 0.1) is 0 Å². The smallest absolute Gasteiger partial charge is 0.235 e. The van der Waals surface area contributed by atoms with Crippen LogP contribution in [0.2, 0.25) is 0 Å². The predicted octanol–water partition coefficient (Wildman–Crippen LogP) is -1.63. The van der Waals surface area contributed by atoms with Gasteiger partial charge in [-0.1, -0.05) is 5.43 Å². The lowest BCUT2D eigenvalue weighted by Gasteiger charge is -2.01. The number of hydrogen-bond donors (Lipinski definition) is 1. The first-order valence-electron chi connectivity index (χ1n) is 3.15. The van der Waals surface area contributed by atoms with Gasteiger partial charge in [-0.2, -0.15) is 5.21 Å². The number of nitrogens with zero attached hydrogens (tertiary/aromatic N) is 9. The molecule has 2 aromatic heterocycles. The van der Waals surface area contributed by atoms with Gasteiger partial charge in [-0.05, 0) is 5.21 Å². The summed E-state index contributed by atoms with van der Waals surface area (Å²) in [6, 6.07) is 0. The van der Waals surface area contributed by atoms with Crippen LogP contribution in [0.5, 0.6) is 0 Å². The second-order valence-corrected chi connectivity index (χ2v) is 1.94. The molecule has 1 N–H and O–H groups in total. The molecule has 12 heteroatoms. The molecule has 2 aromatic rings. The summed E-state index contributed by atoms with van der Waals surface area (Å²) in [6.45, 7) is 0. The van der Waals surface area contributed by atoms with Crippen molar-refractivity contribution in [3.05, 3.63) is 15.5 Å². The van der Waals surface area contributed by atoms with Gasteiger partial charge in [0.1, 0.15) is 11.0 Å². The summed E-state index contributed by atoms with van der Waals surface area (Å²) >= 11 is 0. The van der Waals surface area contributed by atoms with Gasteiger partial charge in [-0.15, -0.1) is 20.6 Å². The Morgan fingerprint density at radius 2 is 2.36 bits per heavy atom. The highest BCUT2D eigenvalue weighted by Gasteiger charge is 2.06. The highest BCUT2D eigenvalue weighted by atomic mass is 16.7. The van der Waals surface area contributed by atoms with E-state index < -0.39 is 5.03 Å². The molecule has 0 aliphatic carbocycles. The van der Waals surface area contributed by atoms with Crippen LogP contribution in [0.25, 0.3) is 11.4 Å². The molecule has 12 nitrogen and oxygen atoms in total. The molecule has 0 bridgehead atoms. The SMILES string of the molecule is O=[N+]([O-])[N-]c1nnnn1-c1nn[nH]n1. The van der Waals surface area contributed by atoms with Gasteiger partial charge in [0.25, 0.3) is 0 Å². The van der Waals surface area contributed by atoms with E-state index in [0.29, 0.717) is 0 Å². The number of hydrogen-bond acceptors (Lipinski definition) is 8. The topological polar surface area (TPSA) is 155 Å². The van der Waals surface area contributed by atoms with E-state index in [-0.39, 0.29) is 11.9 Å². The van der Waals surface area contributed by atoms with Crippen molar-refractivity contribution in [3.63, 3.8) is 0 Å². The van der Waals surface area contributed by atoms with E-state index in [1.54, 1.807) is 0 Å². The number of aromatic amines is 1. The molecule has 0 saturated carbocycles. The Kier molecular flexibility index (Phi) is 1.71. The third-order valence-electron chi connectivity index (χ3n) is 1.15. The number of nitrogens with one attached hydrogen (secondary N) is 1. The number of tetrazole rings is 2. The van der Waals surface area contributed by atoms with Gasteiger partial charge in [-0.25, -0.2) is 19.9 Å². The largest absolute Gasteiger partial charge is 0.246 e. The Labute approximate surface area is 74.4 Å². The van der Waals surface area contributed by atoms with Crippen molar-refractivity contribution in [2.24, 2.45) is 0 Å². The lowest BCUT2D eigenvalue weighted by Crippen LogP contribution is -2.01. The average molecular weight is 197 g/mol. The summed E-state index contributed by atoms with van der Waals surface area (Å²) in [5.41, 5.74) is 2.90. The van der Waals surface area contributed by atoms with Gasteiger partial charge in [-0.3, -0.25) is 0 Å². The zero-order valence-corrected chi connectivity index (χ0v) is 6.34. The second kappa shape index (κ2) is 3.00. The third kappa shape index (κ3) is 1.30. The van der Waals surface area contributed by atoms with E-state index in [0.717, 1.165) is 4.68 Å². The van der Waals surface area contributed by atoms with Crippen molar-refractivity contribution in [1.29, 1.82) is 0 Å². The molecule has 2 heterocycles. The van der Waals surface area contributed by atoms with Crippen LogP contribution in [0.15, 0.2) is 0 Å². The number of rotatable bonds is 3. The highest BCUT2D eigenvalue weighted by Crippen LogP contribution is 2.13. The Morgan fingerprint density at radius 1 is 1.50 bits per heavy atom. The summed E-state index contributed by atoms with van der Waals surface area (Å²) in [5, 5.41) is 31.4. The minimum atomic E-state index is -0.928. The maximum absolute atomic E-state index is 10.1. The molecule has 72 valence electrons. The summed E-state index contributed by atoms with van der Waals surface area (Å²) in [5.74, 6) is -0.369. The first-order chi connectivity index (χ1) is 6.77. The summed E-state index contributed by atoms with van der Waals surface area (Å²) in [6.07, 6.45) is 0. The first-order valence-corrected chi connectivity index (χ1v) is 3.15. The van der Waals surface area contributed by atoms with E-state index in [2.05, 4.69) is 41.6 Å². The summed E-state index contributed by atoms with van der Waals surface area (Å²) in [7, 11) is 0. The fourth-order valence-electron chi connectivity index (χ4n) is 0.693. The number of H-pyrrole nitrogens is 1. The molecule has 2 rings (SSSR count). The molecule has 0 spiro atoms. The molecule has 0 atom stereocenters. The zero-order chi connectivity index (χ0) is 9.97. The minimum absolute atomic E-state index is 0.0319. The predicted molar refractivity (Wildman–Crippen MR) is 36.9 cm³/mol. The molecular weight excluding hydrogens is 196 g/mol. The van der Waals surface area contributed by atoms with E-state index in [1.165, 1.54) is 0 Å². The Hall–Kier alpha value is -2.66. The van der Waals surface area contributed by atoms with E-state index in [1.807, 2.05) is 0 Å². The molecule has 0 fully saturated rings. The van der Waals surface area contributed by atoms with Crippen LogP contribution in [0.3, 0.4) is 0 Å². The van der Waals surface area contributed by atoms with Crippen LogP contribution in [-0.4, -0.2) is 45.9 Å². The number of aromatic nitrogens is 8. The fraction of sp³-hybridized carbons (Fsp3) is 0. The van der Waals surface area contributed by atoms with Gasteiger partial charge in [0.2, 0.25) is 5.95 Å². The first kappa shape index (κ1) is 7.96. The highest BCUT2D eigenvalue weighted by molar-refractivity contribution is 5.29.